The van der Waals surface area contributed by atoms with E-state index in [2.05, 4.69) is 21.2 Å². The first kappa shape index (κ1) is 8.44. The normalized spacial score (nSPS) is 14.3. The number of hydrogen-bond donors (Lipinski definition) is 1. The van der Waals surface area contributed by atoms with Crippen molar-refractivity contribution in [3.8, 4) is 0 Å². The zero-order chi connectivity index (χ0) is 9.59. The maximum absolute atomic E-state index is 11.2. The summed E-state index contributed by atoms with van der Waals surface area (Å²) < 4.78 is 0.782. The van der Waals surface area contributed by atoms with Gasteiger partial charge in [0.2, 0.25) is 0 Å². The van der Waals surface area contributed by atoms with Crippen molar-refractivity contribution < 1.29 is 9.59 Å². The number of Topliss-reactive ketones (excluding diaryl/α,β-unsaturated/α-hetero) is 1. The Morgan fingerprint density at radius 1 is 1.31 bits per heavy atom. The number of hydrogen-bond acceptors (Lipinski definition) is 2. The Kier molecular flexibility index (Phi) is 1.73. The predicted octanol–water partition coefficient (Wildman–Crippen LogP) is 1.89. The number of halogens is 1. The molecule has 0 aliphatic carbocycles. The van der Waals surface area contributed by atoms with Crippen LogP contribution >= 0.6 is 15.9 Å². The summed E-state index contributed by atoms with van der Waals surface area (Å²) >= 11 is 3.32. The molecule has 2 rings (SSSR count). The van der Waals surface area contributed by atoms with Gasteiger partial charge in [0, 0.05) is 4.47 Å². The number of fused-ring (bicyclic) bond motifs is 1. The fourth-order valence-electron chi connectivity index (χ4n) is 1.28. The summed E-state index contributed by atoms with van der Waals surface area (Å²) in [6.07, 6.45) is 0. The highest BCUT2D eigenvalue weighted by Gasteiger charge is 2.29. The molecule has 4 heteroatoms. The molecule has 1 aromatic carbocycles. The summed E-state index contributed by atoms with van der Waals surface area (Å²) in [4.78, 5) is 22.2. The van der Waals surface area contributed by atoms with Gasteiger partial charge in [0.15, 0.2) is 0 Å². The van der Waals surface area contributed by atoms with Gasteiger partial charge in [-0.25, -0.2) is 0 Å². The first-order valence-corrected chi connectivity index (χ1v) is 4.55. The van der Waals surface area contributed by atoms with Crippen LogP contribution < -0.4 is 5.32 Å². The van der Waals surface area contributed by atoms with E-state index in [1.807, 2.05) is 6.92 Å². The van der Waals surface area contributed by atoms with Crippen molar-refractivity contribution in [3.05, 3.63) is 27.7 Å². The third-order valence-corrected chi connectivity index (χ3v) is 3.05. The van der Waals surface area contributed by atoms with Gasteiger partial charge < -0.3 is 5.32 Å². The summed E-state index contributed by atoms with van der Waals surface area (Å²) in [7, 11) is 0. The molecule has 1 N–H and O–H groups in total. The Hall–Kier alpha value is -1.16. The minimum atomic E-state index is -0.554. The van der Waals surface area contributed by atoms with E-state index in [1.165, 1.54) is 0 Å². The largest absolute Gasteiger partial charge is 0.317 e. The molecule has 1 aliphatic heterocycles. The van der Waals surface area contributed by atoms with Crippen LogP contribution in [0, 0.1) is 6.92 Å². The second kappa shape index (κ2) is 2.67. The first-order chi connectivity index (χ1) is 6.11. The van der Waals surface area contributed by atoms with Gasteiger partial charge in [-0.15, -0.1) is 0 Å². The van der Waals surface area contributed by atoms with E-state index in [0.717, 1.165) is 10.0 Å². The molecule has 1 aliphatic rings. The van der Waals surface area contributed by atoms with Crippen LogP contribution in [0.1, 0.15) is 15.9 Å². The molecule has 1 heterocycles. The third-order valence-electron chi connectivity index (χ3n) is 2.02. The number of carbonyl (C=O) groups excluding carboxylic acids is 2. The highest BCUT2D eigenvalue weighted by atomic mass is 79.9. The first-order valence-electron chi connectivity index (χ1n) is 3.76. The maximum Gasteiger partial charge on any atom is 0.296 e. The number of benzene rings is 1. The van der Waals surface area contributed by atoms with E-state index >= 15 is 0 Å². The molecule has 3 nitrogen and oxygen atoms in total. The monoisotopic (exact) mass is 239 g/mol. The molecule has 0 aromatic heterocycles. The minimum Gasteiger partial charge on any atom is -0.317 e. The lowest BCUT2D eigenvalue weighted by Crippen LogP contribution is -2.12. The van der Waals surface area contributed by atoms with E-state index in [4.69, 9.17) is 0 Å². The number of amides is 1. The SMILES string of the molecule is Cc1ccc2c(c1Br)NC(=O)C2=O. The molecule has 0 fully saturated rings. The summed E-state index contributed by atoms with van der Waals surface area (Å²) in [6, 6.07) is 3.47. The van der Waals surface area contributed by atoms with Crippen LogP contribution in [0.4, 0.5) is 5.69 Å². The number of ketones is 1. The van der Waals surface area contributed by atoms with Crippen molar-refractivity contribution in [1.82, 2.24) is 0 Å². The van der Waals surface area contributed by atoms with Gasteiger partial charge >= 0.3 is 0 Å². The van der Waals surface area contributed by atoms with Crippen LogP contribution in [0.25, 0.3) is 0 Å². The second-order valence-corrected chi connectivity index (χ2v) is 3.70. The zero-order valence-electron chi connectivity index (χ0n) is 6.85. The second-order valence-electron chi connectivity index (χ2n) is 2.90. The zero-order valence-corrected chi connectivity index (χ0v) is 8.44. The summed E-state index contributed by atoms with van der Waals surface area (Å²) in [5.74, 6) is -1.02. The Morgan fingerprint density at radius 2 is 2.00 bits per heavy atom. The molecule has 0 spiro atoms. The highest BCUT2D eigenvalue weighted by molar-refractivity contribution is 9.10. The van der Waals surface area contributed by atoms with E-state index < -0.39 is 11.7 Å². The van der Waals surface area contributed by atoms with Crippen molar-refractivity contribution >= 4 is 33.3 Å². The van der Waals surface area contributed by atoms with Gasteiger partial charge in [-0.3, -0.25) is 9.59 Å². The number of anilines is 1. The van der Waals surface area contributed by atoms with E-state index in [1.54, 1.807) is 12.1 Å². The Bertz CT molecular complexity index is 426. The van der Waals surface area contributed by atoms with Crippen molar-refractivity contribution in [3.63, 3.8) is 0 Å². The minimum absolute atomic E-state index is 0.447. The third kappa shape index (κ3) is 1.09. The van der Waals surface area contributed by atoms with Crippen molar-refractivity contribution in [2.45, 2.75) is 6.92 Å². The van der Waals surface area contributed by atoms with Gasteiger partial charge in [-0.1, -0.05) is 6.07 Å². The lowest BCUT2D eigenvalue weighted by atomic mass is 10.1. The van der Waals surface area contributed by atoms with Crippen molar-refractivity contribution in [2.24, 2.45) is 0 Å². The van der Waals surface area contributed by atoms with Gasteiger partial charge in [0.25, 0.3) is 11.7 Å². The predicted molar refractivity (Wildman–Crippen MR) is 51.8 cm³/mol. The Labute approximate surface area is 83.3 Å². The molecule has 0 atom stereocenters. The summed E-state index contributed by atoms with van der Waals surface area (Å²) in [5, 5.41) is 2.52. The molecule has 0 unspecified atom stereocenters. The van der Waals surface area contributed by atoms with Crippen molar-refractivity contribution in [2.75, 3.05) is 5.32 Å². The van der Waals surface area contributed by atoms with Crippen LogP contribution in [-0.2, 0) is 4.79 Å². The van der Waals surface area contributed by atoms with Gasteiger partial charge in [0.05, 0.1) is 11.3 Å². The topological polar surface area (TPSA) is 46.2 Å². The molecule has 13 heavy (non-hydrogen) atoms. The molecule has 66 valence electrons. The lowest BCUT2D eigenvalue weighted by molar-refractivity contribution is -0.112. The average Bonchev–Trinajstić information content (AvgIpc) is 2.38. The van der Waals surface area contributed by atoms with Gasteiger partial charge in [-0.05, 0) is 34.5 Å². The van der Waals surface area contributed by atoms with Crippen LogP contribution in [0.3, 0.4) is 0 Å². The maximum atomic E-state index is 11.2. The quantitative estimate of drug-likeness (QED) is 0.704. The molecule has 0 radical (unpaired) electrons. The Balaban J connectivity index is 2.70. The van der Waals surface area contributed by atoms with Gasteiger partial charge in [-0.2, -0.15) is 0 Å². The van der Waals surface area contributed by atoms with E-state index in [9.17, 15) is 9.59 Å². The summed E-state index contributed by atoms with van der Waals surface area (Å²) in [6.45, 7) is 1.90. The number of aryl methyl sites for hydroxylation is 1. The number of rotatable bonds is 0. The van der Waals surface area contributed by atoms with Crippen LogP contribution in [-0.4, -0.2) is 11.7 Å². The number of nitrogens with one attached hydrogen (secondary N) is 1. The van der Waals surface area contributed by atoms with Crippen LogP contribution in [0.15, 0.2) is 16.6 Å². The molecule has 1 amide bonds. The number of carbonyl (C=O) groups is 2. The standard InChI is InChI=1S/C9H6BrNO2/c1-4-2-3-5-7(6(4)10)11-9(13)8(5)12/h2-3H,1H3,(H,11,12,13). The highest BCUT2D eigenvalue weighted by Crippen LogP contribution is 2.33. The van der Waals surface area contributed by atoms with E-state index in [-0.39, 0.29) is 0 Å². The molecule has 0 saturated carbocycles. The smallest absolute Gasteiger partial charge is 0.296 e. The lowest BCUT2D eigenvalue weighted by Gasteiger charge is -2.02. The summed E-state index contributed by atoms with van der Waals surface area (Å²) in [5.41, 5.74) is 2.03. The average molecular weight is 240 g/mol. The molecule has 0 saturated heterocycles. The molecule has 0 bridgehead atoms. The van der Waals surface area contributed by atoms with Gasteiger partial charge in [0.1, 0.15) is 0 Å². The van der Waals surface area contributed by atoms with Crippen molar-refractivity contribution in [1.29, 1.82) is 0 Å². The van der Waals surface area contributed by atoms with E-state index in [0.29, 0.717) is 11.3 Å². The Morgan fingerprint density at radius 3 is 2.69 bits per heavy atom. The molecule has 1 aromatic rings. The van der Waals surface area contributed by atoms with Crippen LogP contribution in [0.2, 0.25) is 0 Å². The van der Waals surface area contributed by atoms with Crippen LogP contribution in [0.5, 0.6) is 0 Å². The molecular formula is C9H6BrNO2. The fourth-order valence-corrected chi connectivity index (χ4v) is 1.73. The fraction of sp³-hybridized carbons (Fsp3) is 0.111. The molecular weight excluding hydrogens is 234 g/mol.